The molecule has 118 valence electrons. The number of halogens is 5. The summed E-state index contributed by atoms with van der Waals surface area (Å²) in [4.78, 5) is 2.06. The molecule has 8 heteroatoms. The molecule has 1 aliphatic heterocycles. The van der Waals surface area contributed by atoms with Gasteiger partial charge in [-0.1, -0.05) is 0 Å². The number of hydrogen-bond acceptors (Lipinski definition) is 3. The molecule has 2 heterocycles. The van der Waals surface area contributed by atoms with Crippen molar-refractivity contribution in [3.63, 3.8) is 0 Å². The number of alkyl halides is 3. The lowest BCUT2D eigenvalue weighted by atomic mass is 10.1. The van der Waals surface area contributed by atoms with Gasteiger partial charge in [-0.05, 0) is 18.6 Å². The van der Waals surface area contributed by atoms with E-state index in [0.29, 0.717) is 5.76 Å². The van der Waals surface area contributed by atoms with Crippen LogP contribution in [0.25, 0.3) is 0 Å². The van der Waals surface area contributed by atoms with Gasteiger partial charge in [0.1, 0.15) is 5.76 Å². The molecule has 1 fully saturated rings. The van der Waals surface area contributed by atoms with Crippen molar-refractivity contribution in [3.05, 3.63) is 24.2 Å². The first-order chi connectivity index (χ1) is 8.56. The van der Waals surface area contributed by atoms with Crippen LogP contribution in [0, 0.1) is 0 Å². The predicted octanol–water partition coefficient (Wildman–Crippen LogP) is 3.41. The molecule has 1 aromatic heterocycles. The second-order valence-electron chi connectivity index (χ2n) is 4.47. The Bertz CT molecular complexity index is 354. The van der Waals surface area contributed by atoms with Gasteiger partial charge < -0.3 is 9.73 Å². The summed E-state index contributed by atoms with van der Waals surface area (Å²) in [5.74, 6) is 0.626. The monoisotopic (exact) mass is 334 g/mol. The molecule has 0 bridgehead atoms. The van der Waals surface area contributed by atoms with Gasteiger partial charge in [0.2, 0.25) is 0 Å². The predicted molar refractivity (Wildman–Crippen MR) is 75.7 cm³/mol. The molecule has 0 amide bonds. The third-order valence-corrected chi connectivity index (χ3v) is 3.17. The zero-order valence-electron chi connectivity index (χ0n) is 10.9. The standard InChI is InChI=1S/C12H17F3N2O.2ClH/c13-12(14,15)4-3-10(11-2-1-9-18-11)17-7-5-16-6-8-17;;/h1-2,9-10,16H,3-8H2;2*1H/t10-;;/m0../s1. The maximum Gasteiger partial charge on any atom is 0.389 e. The second-order valence-corrected chi connectivity index (χ2v) is 4.47. The Balaban J connectivity index is 0.00000180. The summed E-state index contributed by atoms with van der Waals surface area (Å²) in [6, 6.07) is 3.20. The van der Waals surface area contributed by atoms with Crippen LogP contribution in [0.3, 0.4) is 0 Å². The second kappa shape index (κ2) is 8.77. The highest BCUT2D eigenvalue weighted by Gasteiger charge is 2.32. The van der Waals surface area contributed by atoms with Crippen LogP contribution in [-0.2, 0) is 0 Å². The van der Waals surface area contributed by atoms with Crippen LogP contribution < -0.4 is 5.32 Å². The van der Waals surface area contributed by atoms with Gasteiger partial charge in [-0.15, -0.1) is 24.8 Å². The molecular formula is C12H19Cl2F3N2O. The summed E-state index contributed by atoms with van der Waals surface area (Å²) >= 11 is 0. The van der Waals surface area contributed by atoms with Crippen LogP contribution in [0.5, 0.6) is 0 Å². The highest BCUT2D eigenvalue weighted by molar-refractivity contribution is 5.85. The minimum atomic E-state index is -4.11. The molecule has 2 rings (SSSR count). The Morgan fingerprint density at radius 2 is 1.90 bits per heavy atom. The minimum Gasteiger partial charge on any atom is -0.468 e. The summed E-state index contributed by atoms with van der Waals surface area (Å²) in [7, 11) is 0. The fourth-order valence-electron chi connectivity index (χ4n) is 2.28. The fourth-order valence-corrected chi connectivity index (χ4v) is 2.28. The maximum absolute atomic E-state index is 12.4. The van der Waals surface area contributed by atoms with E-state index in [9.17, 15) is 13.2 Å². The normalized spacial score (nSPS) is 17.9. The quantitative estimate of drug-likeness (QED) is 0.914. The van der Waals surface area contributed by atoms with E-state index in [2.05, 4.69) is 10.2 Å². The molecule has 0 radical (unpaired) electrons. The number of nitrogens with zero attached hydrogens (tertiary/aromatic N) is 1. The van der Waals surface area contributed by atoms with Crippen molar-refractivity contribution in [1.29, 1.82) is 0 Å². The molecule has 0 spiro atoms. The van der Waals surface area contributed by atoms with E-state index in [4.69, 9.17) is 4.42 Å². The van der Waals surface area contributed by atoms with E-state index in [1.165, 1.54) is 6.26 Å². The maximum atomic E-state index is 12.4. The van der Waals surface area contributed by atoms with Gasteiger partial charge in [-0.3, -0.25) is 4.90 Å². The van der Waals surface area contributed by atoms with Gasteiger partial charge in [0, 0.05) is 32.6 Å². The number of piperazine rings is 1. The molecule has 0 saturated carbocycles. The van der Waals surface area contributed by atoms with Crippen molar-refractivity contribution < 1.29 is 17.6 Å². The SMILES string of the molecule is Cl.Cl.FC(F)(F)CC[C@@H](c1ccco1)N1CCNCC1. The summed E-state index contributed by atoms with van der Waals surface area (Å²) in [5, 5.41) is 3.19. The molecule has 1 atom stereocenters. The average Bonchev–Trinajstić information content (AvgIpc) is 2.83. The van der Waals surface area contributed by atoms with Crippen molar-refractivity contribution in [3.8, 4) is 0 Å². The lowest BCUT2D eigenvalue weighted by Crippen LogP contribution is -2.45. The third-order valence-electron chi connectivity index (χ3n) is 3.17. The van der Waals surface area contributed by atoms with Crippen LogP contribution in [-0.4, -0.2) is 37.3 Å². The van der Waals surface area contributed by atoms with Crippen LogP contribution >= 0.6 is 24.8 Å². The number of nitrogens with one attached hydrogen (secondary N) is 1. The number of rotatable bonds is 4. The zero-order valence-corrected chi connectivity index (χ0v) is 12.5. The lowest BCUT2D eigenvalue weighted by Gasteiger charge is -2.34. The van der Waals surface area contributed by atoms with Crippen molar-refractivity contribution in [2.75, 3.05) is 26.2 Å². The van der Waals surface area contributed by atoms with Gasteiger partial charge in [-0.25, -0.2) is 0 Å². The number of furan rings is 1. The van der Waals surface area contributed by atoms with E-state index in [1.807, 2.05) is 0 Å². The Morgan fingerprint density at radius 1 is 1.25 bits per heavy atom. The van der Waals surface area contributed by atoms with Crippen molar-refractivity contribution in [2.24, 2.45) is 0 Å². The molecule has 0 aromatic carbocycles. The highest BCUT2D eigenvalue weighted by Crippen LogP contribution is 2.31. The summed E-state index contributed by atoms with van der Waals surface area (Å²) < 4.78 is 42.4. The van der Waals surface area contributed by atoms with Gasteiger partial charge in [-0.2, -0.15) is 13.2 Å². The van der Waals surface area contributed by atoms with Crippen molar-refractivity contribution >= 4 is 24.8 Å². The lowest BCUT2D eigenvalue weighted by molar-refractivity contribution is -0.138. The minimum absolute atomic E-state index is 0. The Hall–Kier alpha value is -0.430. The van der Waals surface area contributed by atoms with E-state index >= 15 is 0 Å². The highest BCUT2D eigenvalue weighted by atomic mass is 35.5. The van der Waals surface area contributed by atoms with Crippen LogP contribution in [0.1, 0.15) is 24.6 Å². The van der Waals surface area contributed by atoms with E-state index < -0.39 is 12.6 Å². The summed E-state index contributed by atoms with van der Waals surface area (Å²) in [6.07, 6.45) is -3.32. The fraction of sp³-hybridized carbons (Fsp3) is 0.667. The Morgan fingerprint density at radius 3 is 2.40 bits per heavy atom. The molecule has 0 unspecified atom stereocenters. The largest absolute Gasteiger partial charge is 0.468 e. The molecule has 1 N–H and O–H groups in total. The van der Waals surface area contributed by atoms with Crippen LogP contribution in [0.2, 0.25) is 0 Å². The molecule has 20 heavy (non-hydrogen) atoms. The summed E-state index contributed by atoms with van der Waals surface area (Å²) in [5.41, 5.74) is 0. The van der Waals surface area contributed by atoms with Crippen LogP contribution in [0.4, 0.5) is 13.2 Å². The first-order valence-corrected chi connectivity index (χ1v) is 6.11. The first-order valence-electron chi connectivity index (χ1n) is 6.11. The Labute approximate surface area is 128 Å². The van der Waals surface area contributed by atoms with E-state index in [0.717, 1.165) is 26.2 Å². The molecule has 1 saturated heterocycles. The van der Waals surface area contributed by atoms with Crippen molar-refractivity contribution in [2.45, 2.75) is 25.1 Å². The third kappa shape index (κ3) is 5.91. The van der Waals surface area contributed by atoms with Gasteiger partial charge in [0.05, 0.1) is 12.3 Å². The average molecular weight is 335 g/mol. The van der Waals surface area contributed by atoms with Gasteiger partial charge in [0.25, 0.3) is 0 Å². The van der Waals surface area contributed by atoms with Crippen LogP contribution in [0.15, 0.2) is 22.8 Å². The summed E-state index contributed by atoms with van der Waals surface area (Å²) in [6.45, 7) is 3.12. The van der Waals surface area contributed by atoms with E-state index in [1.54, 1.807) is 12.1 Å². The Kier molecular flexibility index (Phi) is 8.58. The smallest absolute Gasteiger partial charge is 0.389 e. The van der Waals surface area contributed by atoms with E-state index in [-0.39, 0.29) is 37.3 Å². The molecule has 0 aliphatic carbocycles. The number of hydrogen-bond donors (Lipinski definition) is 1. The molecule has 3 nitrogen and oxygen atoms in total. The zero-order chi connectivity index (χ0) is 13.0. The first kappa shape index (κ1) is 19.6. The molecular weight excluding hydrogens is 316 g/mol. The van der Waals surface area contributed by atoms with Gasteiger partial charge in [0.15, 0.2) is 0 Å². The molecule has 1 aromatic rings. The van der Waals surface area contributed by atoms with Gasteiger partial charge >= 0.3 is 6.18 Å². The molecule has 1 aliphatic rings. The topological polar surface area (TPSA) is 28.4 Å². The van der Waals surface area contributed by atoms with Crippen molar-refractivity contribution in [1.82, 2.24) is 10.2 Å².